The summed E-state index contributed by atoms with van der Waals surface area (Å²) in [6.07, 6.45) is 1.08. The van der Waals surface area contributed by atoms with Crippen molar-refractivity contribution in [1.29, 1.82) is 0 Å². The molecule has 0 bridgehead atoms. The first-order chi connectivity index (χ1) is 7.77. The third-order valence-electron chi connectivity index (χ3n) is 2.30. The molecule has 0 saturated heterocycles. The largest absolute Gasteiger partial charge is 0.388 e. The van der Waals surface area contributed by atoms with E-state index in [9.17, 15) is 5.11 Å². The highest BCUT2D eigenvalue weighted by molar-refractivity contribution is 7.99. The van der Waals surface area contributed by atoms with Crippen LogP contribution in [0.25, 0.3) is 0 Å². The molecule has 1 atom stereocenters. The van der Waals surface area contributed by atoms with Gasteiger partial charge in [0.1, 0.15) is 0 Å². The summed E-state index contributed by atoms with van der Waals surface area (Å²) in [5, 5.41) is 9.89. The van der Waals surface area contributed by atoms with Gasteiger partial charge in [-0.25, -0.2) is 0 Å². The van der Waals surface area contributed by atoms with Crippen LogP contribution in [0.3, 0.4) is 0 Å². The van der Waals surface area contributed by atoms with Gasteiger partial charge >= 0.3 is 0 Å². The molecule has 1 aromatic carbocycles. The Morgan fingerprint density at radius 1 is 1.31 bits per heavy atom. The van der Waals surface area contributed by atoms with E-state index in [0.29, 0.717) is 6.42 Å². The molecule has 0 radical (unpaired) electrons. The van der Waals surface area contributed by atoms with E-state index in [1.165, 1.54) is 4.90 Å². The first-order valence-corrected chi connectivity index (χ1v) is 6.57. The van der Waals surface area contributed by atoms with Crippen molar-refractivity contribution in [3.63, 3.8) is 0 Å². The Morgan fingerprint density at radius 2 is 2.00 bits per heavy atom. The molecule has 0 heterocycles. The molecule has 0 aliphatic rings. The van der Waals surface area contributed by atoms with Crippen LogP contribution < -0.4 is 0 Å². The van der Waals surface area contributed by atoms with Gasteiger partial charge in [-0.2, -0.15) is 0 Å². The van der Waals surface area contributed by atoms with Gasteiger partial charge < -0.3 is 5.11 Å². The summed E-state index contributed by atoms with van der Waals surface area (Å²) >= 11 is 1.81. The molecule has 16 heavy (non-hydrogen) atoms. The molecule has 0 aliphatic heterocycles. The van der Waals surface area contributed by atoms with Crippen molar-refractivity contribution in [2.45, 2.75) is 37.7 Å². The lowest BCUT2D eigenvalue weighted by atomic mass is 10.1. The monoisotopic (exact) mass is 234 g/mol. The third kappa shape index (κ3) is 4.30. The van der Waals surface area contributed by atoms with Gasteiger partial charge in [0.15, 0.2) is 0 Å². The highest BCUT2D eigenvalue weighted by Crippen LogP contribution is 2.22. The van der Waals surface area contributed by atoms with Crippen molar-refractivity contribution in [3.8, 4) is 11.8 Å². The van der Waals surface area contributed by atoms with Crippen molar-refractivity contribution in [3.05, 3.63) is 29.8 Å². The second-order valence-electron chi connectivity index (χ2n) is 3.48. The quantitative estimate of drug-likeness (QED) is 0.620. The maximum atomic E-state index is 9.89. The summed E-state index contributed by atoms with van der Waals surface area (Å²) in [6, 6.07) is 8.14. The first kappa shape index (κ1) is 13.2. The van der Waals surface area contributed by atoms with E-state index in [1.54, 1.807) is 0 Å². The van der Waals surface area contributed by atoms with Gasteiger partial charge in [-0.1, -0.05) is 19.1 Å². The second-order valence-corrected chi connectivity index (χ2v) is 4.82. The van der Waals surface area contributed by atoms with Gasteiger partial charge in [0.2, 0.25) is 0 Å². The molecule has 1 N–H and O–H groups in total. The smallest absolute Gasteiger partial charge is 0.0799 e. The fourth-order valence-corrected chi connectivity index (χ4v) is 2.12. The minimum absolute atomic E-state index is 0.387. The highest BCUT2D eigenvalue weighted by Gasteiger charge is 2.05. The average Bonchev–Trinajstić information content (AvgIpc) is 2.30. The molecule has 0 aromatic heterocycles. The number of thioether (sulfide) groups is 1. The minimum atomic E-state index is -0.387. The predicted octanol–water partition coefficient (Wildman–Crippen LogP) is 3.64. The molecular weight excluding hydrogens is 216 g/mol. The second kappa shape index (κ2) is 7.38. The summed E-state index contributed by atoms with van der Waals surface area (Å²) in [5.41, 5.74) is 0.985. The molecule has 0 saturated carbocycles. The SMILES string of the molecule is CC#CCCC(O)c1ccc(SCC)cc1. The number of hydrogen-bond donors (Lipinski definition) is 1. The Bertz CT molecular complexity index is 359. The Kier molecular flexibility index (Phi) is 6.07. The Balaban J connectivity index is 2.54. The summed E-state index contributed by atoms with van der Waals surface area (Å²) in [7, 11) is 0. The van der Waals surface area contributed by atoms with Gasteiger partial charge in [0.05, 0.1) is 6.10 Å². The van der Waals surface area contributed by atoms with E-state index in [2.05, 4.69) is 30.9 Å². The number of benzene rings is 1. The molecule has 86 valence electrons. The first-order valence-electron chi connectivity index (χ1n) is 5.58. The molecule has 1 aromatic rings. The Morgan fingerprint density at radius 3 is 2.56 bits per heavy atom. The molecule has 1 nitrogen and oxygen atoms in total. The van der Waals surface area contributed by atoms with Crippen LogP contribution in [0.4, 0.5) is 0 Å². The van der Waals surface area contributed by atoms with Crippen molar-refractivity contribution in [1.82, 2.24) is 0 Å². The fraction of sp³-hybridized carbons (Fsp3) is 0.429. The van der Waals surface area contributed by atoms with Crippen LogP contribution in [0.2, 0.25) is 0 Å². The number of aliphatic hydroxyl groups is 1. The van der Waals surface area contributed by atoms with Crippen LogP contribution in [0.5, 0.6) is 0 Å². The molecule has 0 amide bonds. The van der Waals surface area contributed by atoms with Crippen molar-refractivity contribution >= 4 is 11.8 Å². The zero-order valence-electron chi connectivity index (χ0n) is 9.86. The summed E-state index contributed by atoms with van der Waals surface area (Å²) < 4.78 is 0. The molecule has 0 aliphatic carbocycles. The van der Waals surface area contributed by atoms with E-state index in [1.807, 2.05) is 30.8 Å². The molecule has 1 rings (SSSR count). The van der Waals surface area contributed by atoms with Crippen LogP contribution in [0.1, 0.15) is 38.4 Å². The minimum Gasteiger partial charge on any atom is -0.388 e. The summed E-state index contributed by atoms with van der Waals surface area (Å²) in [5.74, 6) is 6.88. The number of aliphatic hydroxyl groups excluding tert-OH is 1. The van der Waals surface area contributed by atoms with Crippen molar-refractivity contribution < 1.29 is 5.11 Å². The van der Waals surface area contributed by atoms with Crippen LogP contribution in [-0.2, 0) is 0 Å². The van der Waals surface area contributed by atoms with Crippen LogP contribution >= 0.6 is 11.8 Å². The van der Waals surface area contributed by atoms with Gasteiger partial charge in [0, 0.05) is 11.3 Å². The molecular formula is C14H18OS. The van der Waals surface area contributed by atoms with E-state index in [0.717, 1.165) is 17.7 Å². The van der Waals surface area contributed by atoms with Gasteiger partial charge in [-0.15, -0.1) is 23.6 Å². The predicted molar refractivity (Wildman–Crippen MR) is 70.5 cm³/mol. The van der Waals surface area contributed by atoms with E-state index < -0.39 is 0 Å². The van der Waals surface area contributed by atoms with Gasteiger partial charge in [-0.3, -0.25) is 0 Å². The van der Waals surface area contributed by atoms with Gasteiger partial charge in [0.25, 0.3) is 0 Å². The fourth-order valence-electron chi connectivity index (χ4n) is 1.45. The lowest BCUT2D eigenvalue weighted by molar-refractivity contribution is 0.169. The van der Waals surface area contributed by atoms with Crippen molar-refractivity contribution in [2.75, 3.05) is 5.75 Å². The highest BCUT2D eigenvalue weighted by atomic mass is 32.2. The maximum absolute atomic E-state index is 9.89. The van der Waals surface area contributed by atoms with Crippen LogP contribution in [0, 0.1) is 11.8 Å². The van der Waals surface area contributed by atoms with Crippen molar-refractivity contribution in [2.24, 2.45) is 0 Å². The number of hydrogen-bond acceptors (Lipinski definition) is 2. The van der Waals surface area contributed by atoms with E-state index in [-0.39, 0.29) is 6.10 Å². The maximum Gasteiger partial charge on any atom is 0.0799 e. The Labute approximate surface area is 102 Å². The van der Waals surface area contributed by atoms with Crippen LogP contribution in [-0.4, -0.2) is 10.9 Å². The zero-order chi connectivity index (χ0) is 11.8. The standard InChI is InChI=1S/C14H18OS/c1-3-5-6-7-14(15)12-8-10-13(11-9-12)16-4-2/h8-11,14-15H,4,6-7H2,1-2H3. The number of rotatable bonds is 5. The summed E-state index contributed by atoms with van der Waals surface area (Å²) in [6.45, 7) is 3.96. The molecule has 2 heteroatoms. The normalized spacial score (nSPS) is 11.7. The van der Waals surface area contributed by atoms with E-state index in [4.69, 9.17) is 0 Å². The van der Waals surface area contributed by atoms with E-state index >= 15 is 0 Å². The van der Waals surface area contributed by atoms with Crippen LogP contribution in [0.15, 0.2) is 29.2 Å². The Hall–Kier alpha value is -0.910. The summed E-state index contributed by atoms with van der Waals surface area (Å²) in [4.78, 5) is 1.26. The molecule has 0 spiro atoms. The lowest BCUT2D eigenvalue weighted by Gasteiger charge is -2.09. The lowest BCUT2D eigenvalue weighted by Crippen LogP contribution is -1.96. The molecule has 0 fully saturated rings. The third-order valence-corrected chi connectivity index (χ3v) is 3.19. The van der Waals surface area contributed by atoms with Gasteiger partial charge in [-0.05, 0) is 36.8 Å². The zero-order valence-corrected chi connectivity index (χ0v) is 10.7. The topological polar surface area (TPSA) is 20.2 Å². The molecule has 1 unspecified atom stereocenters. The average molecular weight is 234 g/mol.